The fourth-order valence-electron chi connectivity index (χ4n) is 4.92. The second-order valence-electron chi connectivity index (χ2n) is 10.1. The molecule has 0 saturated heterocycles. The number of nitrogens with zero attached hydrogens (tertiary/aromatic N) is 1. The van der Waals surface area contributed by atoms with Crippen LogP contribution in [0.5, 0.6) is 5.75 Å². The van der Waals surface area contributed by atoms with Crippen molar-refractivity contribution in [2.75, 3.05) is 38.2 Å². The van der Waals surface area contributed by atoms with E-state index in [1.54, 1.807) is 11.8 Å². The summed E-state index contributed by atoms with van der Waals surface area (Å²) >= 11 is 0. The highest BCUT2D eigenvalue weighted by atomic mass is 16.5. The van der Waals surface area contributed by atoms with Crippen LogP contribution in [-0.4, -0.2) is 61.0 Å². The summed E-state index contributed by atoms with van der Waals surface area (Å²) < 4.78 is 17.1. The third-order valence-corrected chi connectivity index (χ3v) is 7.08. The molecule has 8 heteroatoms. The minimum atomic E-state index is -0.976. The Kier molecular flexibility index (Phi) is 11.6. The zero-order valence-electron chi connectivity index (χ0n) is 23.7. The van der Waals surface area contributed by atoms with Crippen molar-refractivity contribution in [2.24, 2.45) is 0 Å². The number of urea groups is 1. The number of aliphatic carboxylic acids is 1. The van der Waals surface area contributed by atoms with Gasteiger partial charge in [0, 0.05) is 31.9 Å². The van der Waals surface area contributed by atoms with Gasteiger partial charge in [-0.2, -0.15) is 0 Å². The first-order valence-corrected chi connectivity index (χ1v) is 14.4. The molecule has 0 spiro atoms. The number of rotatable bonds is 16. The Balaban J connectivity index is 1.29. The molecule has 0 aliphatic heterocycles. The van der Waals surface area contributed by atoms with E-state index in [-0.39, 0.29) is 12.5 Å². The Bertz CT molecular complexity index is 1250. The van der Waals surface area contributed by atoms with Crippen LogP contribution in [0, 0.1) is 0 Å². The second-order valence-corrected chi connectivity index (χ2v) is 10.1. The Morgan fingerprint density at radius 3 is 2.46 bits per heavy atom. The molecule has 3 aromatic carbocycles. The van der Waals surface area contributed by atoms with Gasteiger partial charge in [0.2, 0.25) is 0 Å². The van der Waals surface area contributed by atoms with E-state index >= 15 is 0 Å². The van der Waals surface area contributed by atoms with Crippen LogP contribution in [0.3, 0.4) is 0 Å². The number of nitrogens with one attached hydrogen (secondary N) is 1. The van der Waals surface area contributed by atoms with E-state index in [0.29, 0.717) is 51.7 Å². The first-order valence-electron chi connectivity index (χ1n) is 14.4. The summed E-state index contributed by atoms with van der Waals surface area (Å²) in [6, 6.07) is 23.3. The van der Waals surface area contributed by atoms with Gasteiger partial charge in [-0.05, 0) is 79.1 Å². The van der Waals surface area contributed by atoms with Gasteiger partial charge < -0.3 is 29.5 Å². The molecule has 2 amide bonds. The van der Waals surface area contributed by atoms with E-state index in [9.17, 15) is 14.7 Å². The molecule has 8 nitrogen and oxygen atoms in total. The normalized spacial score (nSPS) is 12.9. The summed E-state index contributed by atoms with van der Waals surface area (Å²) in [6.07, 6.45) is 3.42. The van der Waals surface area contributed by atoms with Crippen molar-refractivity contribution in [3.05, 3.63) is 95.1 Å². The molecule has 3 aromatic rings. The Morgan fingerprint density at radius 1 is 0.927 bits per heavy atom. The van der Waals surface area contributed by atoms with Crippen molar-refractivity contribution in [2.45, 2.75) is 51.7 Å². The number of carboxylic acids is 1. The maximum atomic E-state index is 13.3. The molecule has 41 heavy (non-hydrogen) atoms. The molecule has 2 N–H and O–H groups in total. The van der Waals surface area contributed by atoms with Crippen LogP contribution in [0.4, 0.5) is 10.5 Å². The average molecular weight is 561 g/mol. The summed E-state index contributed by atoms with van der Waals surface area (Å²) in [6.45, 7) is 4.45. The van der Waals surface area contributed by atoms with Crippen LogP contribution in [0.1, 0.15) is 42.0 Å². The number of aryl methyl sites for hydroxylation is 2. The maximum Gasteiger partial charge on any atom is 0.333 e. The van der Waals surface area contributed by atoms with Crippen molar-refractivity contribution in [3.63, 3.8) is 0 Å². The molecule has 0 heterocycles. The summed E-state index contributed by atoms with van der Waals surface area (Å²) in [7, 11) is 0. The summed E-state index contributed by atoms with van der Waals surface area (Å²) in [5, 5.41) is 12.4. The summed E-state index contributed by atoms with van der Waals surface area (Å²) in [5.41, 5.74) is 5.46. The number of fused-ring (bicyclic) bond motifs is 1. The molecule has 1 unspecified atom stereocenters. The first-order chi connectivity index (χ1) is 20.0. The lowest BCUT2D eigenvalue weighted by Crippen LogP contribution is -2.39. The zero-order valence-corrected chi connectivity index (χ0v) is 23.7. The lowest BCUT2D eigenvalue weighted by Gasteiger charge is -2.23. The van der Waals surface area contributed by atoms with Crippen LogP contribution in [-0.2, 0) is 40.1 Å². The van der Waals surface area contributed by atoms with E-state index in [4.69, 9.17) is 14.2 Å². The standard InChI is InChI=1S/C33H40N2O6/c1-2-40-31(32(36)37)22-25-12-16-30(17-13-25)41-21-19-35(18-7-20-39-24-26-8-4-3-5-9-26)33(38)34-29-15-14-27-10-6-11-28(27)23-29/h3-5,8-9,12-17,23,31H,2,6-7,10-11,18-22,24H2,1H3,(H,34,38)(H,36,37). The Labute approximate surface area is 242 Å². The highest BCUT2D eigenvalue weighted by Crippen LogP contribution is 2.25. The van der Waals surface area contributed by atoms with Crippen molar-refractivity contribution in [1.29, 1.82) is 0 Å². The monoisotopic (exact) mass is 560 g/mol. The predicted octanol–water partition coefficient (Wildman–Crippen LogP) is 5.73. The van der Waals surface area contributed by atoms with Crippen molar-refractivity contribution in [3.8, 4) is 5.75 Å². The number of carbonyl (C=O) groups excluding carboxylic acids is 1. The van der Waals surface area contributed by atoms with Gasteiger partial charge in [0.05, 0.1) is 13.2 Å². The van der Waals surface area contributed by atoms with Gasteiger partial charge in [-0.1, -0.05) is 48.5 Å². The summed E-state index contributed by atoms with van der Waals surface area (Å²) in [4.78, 5) is 26.4. The molecule has 0 aromatic heterocycles. The van der Waals surface area contributed by atoms with E-state index < -0.39 is 12.1 Å². The molecule has 1 aliphatic rings. The quantitative estimate of drug-likeness (QED) is 0.217. The van der Waals surface area contributed by atoms with Crippen LogP contribution in [0.15, 0.2) is 72.8 Å². The van der Waals surface area contributed by atoms with Gasteiger partial charge in [-0.3, -0.25) is 0 Å². The fraction of sp³-hybridized carbons (Fsp3) is 0.394. The van der Waals surface area contributed by atoms with Crippen LogP contribution >= 0.6 is 0 Å². The topological polar surface area (TPSA) is 97.3 Å². The first kappa shape index (κ1) is 30.1. The van der Waals surface area contributed by atoms with Crippen LogP contribution in [0.25, 0.3) is 0 Å². The lowest BCUT2D eigenvalue weighted by molar-refractivity contribution is -0.149. The molecule has 1 atom stereocenters. The smallest absolute Gasteiger partial charge is 0.333 e. The highest BCUT2D eigenvalue weighted by molar-refractivity contribution is 5.89. The van der Waals surface area contributed by atoms with E-state index in [1.165, 1.54) is 11.1 Å². The number of anilines is 1. The van der Waals surface area contributed by atoms with Crippen LogP contribution in [0.2, 0.25) is 0 Å². The second kappa shape index (κ2) is 15.8. The molecule has 0 bridgehead atoms. The largest absolute Gasteiger partial charge is 0.492 e. The van der Waals surface area contributed by atoms with Gasteiger partial charge in [-0.15, -0.1) is 0 Å². The number of hydrogen-bond donors (Lipinski definition) is 2. The number of carbonyl (C=O) groups is 2. The predicted molar refractivity (Wildman–Crippen MR) is 158 cm³/mol. The van der Waals surface area contributed by atoms with Gasteiger partial charge in [-0.25, -0.2) is 9.59 Å². The van der Waals surface area contributed by atoms with Gasteiger partial charge in [0.1, 0.15) is 12.4 Å². The number of carboxylic acid groups (broad SMARTS) is 1. The Morgan fingerprint density at radius 2 is 1.71 bits per heavy atom. The molecule has 1 aliphatic carbocycles. The number of hydrogen-bond acceptors (Lipinski definition) is 5. The maximum absolute atomic E-state index is 13.3. The highest BCUT2D eigenvalue weighted by Gasteiger charge is 2.18. The third kappa shape index (κ3) is 9.62. The lowest BCUT2D eigenvalue weighted by atomic mass is 10.1. The summed E-state index contributed by atoms with van der Waals surface area (Å²) in [5.74, 6) is -0.321. The number of amides is 2. The zero-order chi connectivity index (χ0) is 28.9. The van der Waals surface area contributed by atoms with Crippen molar-refractivity contribution in [1.82, 2.24) is 4.90 Å². The van der Waals surface area contributed by atoms with E-state index in [2.05, 4.69) is 17.4 Å². The van der Waals surface area contributed by atoms with E-state index in [1.807, 2.05) is 60.7 Å². The molecule has 4 rings (SSSR count). The van der Waals surface area contributed by atoms with Gasteiger partial charge >= 0.3 is 12.0 Å². The molecule has 0 saturated carbocycles. The SMILES string of the molecule is CCOC(Cc1ccc(OCCN(CCCOCc2ccccc2)C(=O)Nc2ccc3c(c2)CCC3)cc1)C(=O)O. The fourth-order valence-corrected chi connectivity index (χ4v) is 4.92. The van der Waals surface area contributed by atoms with Crippen molar-refractivity contribution < 1.29 is 28.9 Å². The molecular weight excluding hydrogens is 520 g/mol. The van der Waals surface area contributed by atoms with Gasteiger partial charge in [0.25, 0.3) is 0 Å². The Hall–Kier alpha value is -3.88. The van der Waals surface area contributed by atoms with E-state index in [0.717, 1.165) is 36.1 Å². The van der Waals surface area contributed by atoms with Crippen LogP contribution < -0.4 is 10.1 Å². The molecule has 218 valence electrons. The molecule has 0 radical (unpaired) electrons. The third-order valence-electron chi connectivity index (χ3n) is 7.08. The molecular formula is C33H40N2O6. The van der Waals surface area contributed by atoms with Gasteiger partial charge in [0.15, 0.2) is 6.10 Å². The number of benzene rings is 3. The average Bonchev–Trinajstić information content (AvgIpc) is 3.45. The molecule has 0 fully saturated rings. The minimum Gasteiger partial charge on any atom is -0.492 e. The number of ether oxygens (including phenoxy) is 3. The minimum absolute atomic E-state index is 0.166. The van der Waals surface area contributed by atoms with Crippen molar-refractivity contribution >= 4 is 17.7 Å².